The Morgan fingerprint density at radius 1 is 1.25 bits per heavy atom. The number of hydrogen-bond acceptors (Lipinski definition) is 5. The van der Waals surface area contributed by atoms with E-state index in [-0.39, 0.29) is 4.88 Å². The monoisotopic (exact) mass is 348 g/mol. The molecule has 2 aromatic rings. The smallest absolute Gasteiger partial charge is 0.349 e. The number of thiophene rings is 1. The molecule has 0 saturated heterocycles. The van der Waals surface area contributed by atoms with Gasteiger partial charge in [-0.25, -0.2) is 4.79 Å². The minimum Gasteiger partial charge on any atom is -0.493 e. The third-order valence-corrected chi connectivity index (χ3v) is 5.31. The Morgan fingerprint density at radius 2 is 2.00 bits per heavy atom. The molecule has 1 unspecified atom stereocenters. The van der Waals surface area contributed by atoms with Gasteiger partial charge in [0, 0.05) is 16.2 Å². The van der Waals surface area contributed by atoms with Gasteiger partial charge in [0.2, 0.25) is 0 Å². The molecule has 24 heavy (non-hydrogen) atoms. The summed E-state index contributed by atoms with van der Waals surface area (Å²) in [6.45, 7) is 0.519. The largest absolute Gasteiger partial charge is 0.493 e. The second kappa shape index (κ2) is 7.13. The van der Waals surface area contributed by atoms with Gasteiger partial charge in [0.15, 0.2) is 22.1 Å². The number of fused-ring (bicyclic) bond motifs is 1. The molecule has 0 spiro atoms. The van der Waals surface area contributed by atoms with Crippen LogP contribution in [0.1, 0.15) is 28.9 Å². The summed E-state index contributed by atoms with van der Waals surface area (Å²) >= 11 is 1.19. The lowest BCUT2D eigenvalue weighted by atomic mass is 9.95. The highest BCUT2D eigenvalue weighted by Crippen LogP contribution is 2.43. The average molecular weight is 348 g/mol. The van der Waals surface area contributed by atoms with Crippen molar-refractivity contribution in [2.45, 2.75) is 19.3 Å². The molecule has 0 bridgehead atoms. The first-order valence-electron chi connectivity index (χ1n) is 7.83. The molecule has 1 heterocycles. The van der Waals surface area contributed by atoms with Crippen molar-refractivity contribution in [2.75, 3.05) is 20.8 Å². The Kier molecular flexibility index (Phi) is 4.94. The van der Waals surface area contributed by atoms with Crippen LogP contribution in [-0.4, -0.2) is 31.9 Å². The molecule has 0 aliphatic heterocycles. The maximum Gasteiger partial charge on any atom is 0.349 e. The molecule has 3 rings (SSSR count). The quantitative estimate of drug-likeness (QED) is 0.786. The van der Waals surface area contributed by atoms with Crippen LogP contribution in [0.15, 0.2) is 24.3 Å². The summed E-state index contributed by atoms with van der Waals surface area (Å²) in [5, 5.41) is 10.3. The minimum absolute atomic E-state index is 0.214. The van der Waals surface area contributed by atoms with Gasteiger partial charge in [-0.3, -0.25) is 0 Å². The Morgan fingerprint density at radius 3 is 2.62 bits per heavy atom. The van der Waals surface area contributed by atoms with Crippen molar-refractivity contribution >= 4 is 27.4 Å². The van der Waals surface area contributed by atoms with Gasteiger partial charge in [-0.05, 0) is 31.2 Å². The fourth-order valence-electron chi connectivity index (χ4n) is 2.89. The number of benzene rings is 1. The van der Waals surface area contributed by atoms with Gasteiger partial charge >= 0.3 is 5.97 Å². The number of methoxy groups -OCH3 is 2. The predicted molar refractivity (Wildman–Crippen MR) is 93.9 cm³/mol. The zero-order chi connectivity index (χ0) is 17.1. The van der Waals surface area contributed by atoms with Crippen molar-refractivity contribution in [3.63, 3.8) is 0 Å². The van der Waals surface area contributed by atoms with E-state index < -0.39 is 5.97 Å². The summed E-state index contributed by atoms with van der Waals surface area (Å²) in [5.41, 5.74) is 0. The molecule has 1 aromatic heterocycles. The van der Waals surface area contributed by atoms with Crippen LogP contribution in [0.4, 0.5) is 0 Å². The first kappa shape index (κ1) is 16.6. The van der Waals surface area contributed by atoms with Crippen molar-refractivity contribution in [2.24, 2.45) is 5.92 Å². The highest BCUT2D eigenvalue weighted by Gasteiger charge is 2.23. The fraction of sp³-hybridized carbons (Fsp3) is 0.389. The minimum atomic E-state index is -0.979. The van der Waals surface area contributed by atoms with E-state index in [9.17, 15) is 9.90 Å². The van der Waals surface area contributed by atoms with E-state index in [2.05, 4.69) is 12.2 Å². The van der Waals surface area contributed by atoms with Crippen LogP contribution in [0.2, 0.25) is 0 Å². The summed E-state index contributed by atoms with van der Waals surface area (Å²) in [7, 11) is 3.12. The third kappa shape index (κ3) is 3.19. The summed E-state index contributed by atoms with van der Waals surface area (Å²) in [4.78, 5) is 11.8. The van der Waals surface area contributed by atoms with E-state index in [1.165, 1.54) is 11.3 Å². The molecule has 1 atom stereocenters. The van der Waals surface area contributed by atoms with Gasteiger partial charge < -0.3 is 19.3 Å². The first-order chi connectivity index (χ1) is 11.6. The van der Waals surface area contributed by atoms with E-state index in [4.69, 9.17) is 14.2 Å². The topological polar surface area (TPSA) is 65.0 Å². The lowest BCUT2D eigenvalue weighted by Gasteiger charge is -2.18. The molecule has 1 N–H and O–H groups in total. The first-order valence-corrected chi connectivity index (χ1v) is 8.65. The van der Waals surface area contributed by atoms with Crippen LogP contribution in [0.5, 0.6) is 17.2 Å². The van der Waals surface area contributed by atoms with Gasteiger partial charge in [0.1, 0.15) is 0 Å². The van der Waals surface area contributed by atoms with Crippen molar-refractivity contribution in [1.29, 1.82) is 0 Å². The molecule has 1 aromatic carbocycles. The van der Waals surface area contributed by atoms with Crippen LogP contribution >= 0.6 is 11.3 Å². The van der Waals surface area contributed by atoms with Gasteiger partial charge in [0.05, 0.1) is 20.8 Å². The molecular weight excluding hydrogens is 328 g/mol. The number of rotatable bonds is 6. The SMILES string of the molecule is COc1cc2sc(C(=O)O)c(OCC3CC=CCC3)c2cc1OC. The van der Waals surface area contributed by atoms with Crippen LogP contribution in [0.25, 0.3) is 10.1 Å². The number of carboxylic acids is 1. The summed E-state index contributed by atoms with van der Waals surface area (Å²) in [5.74, 6) is 1.01. The number of allylic oxidation sites excluding steroid dienone is 2. The molecule has 1 aliphatic carbocycles. The molecule has 128 valence electrons. The van der Waals surface area contributed by atoms with Crippen LogP contribution in [-0.2, 0) is 0 Å². The molecule has 0 radical (unpaired) electrons. The van der Waals surface area contributed by atoms with Crippen molar-refractivity contribution in [3.05, 3.63) is 29.2 Å². The highest BCUT2D eigenvalue weighted by atomic mass is 32.1. The predicted octanol–water partition coefficient (Wildman–Crippen LogP) is 4.35. The fourth-order valence-corrected chi connectivity index (χ4v) is 3.89. The number of hydrogen-bond donors (Lipinski definition) is 1. The number of carbonyl (C=O) groups is 1. The van der Waals surface area contributed by atoms with Gasteiger partial charge in [-0.2, -0.15) is 0 Å². The van der Waals surface area contributed by atoms with Crippen LogP contribution in [0, 0.1) is 5.92 Å². The number of ether oxygens (including phenoxy) is 3. The van der Waals surface area contributed by atoms with Gasteiger partial charge in [0.25, 0.3) is 0 Å². The van der Waals surface area contributed by atoms with Crippen molar-refractivity contribution < 1.29 is 24.1 Å². The summed E-state index contributed by atoms with van der Waals surface area (Å²) < 4.78 is 17.4. The Labute approximate surface area is 144 Å². The number of carboxylic acid groups (broad SMARTS) is 1. The van der Waals surface area contributed by atoms with Crippen molar-refractivity contribution in [1.82, 2.24) is 0 Å². The standard InChI is InChI=1S/C18H20O5S/c1-21-13-8-12-15(9-14(13)22-2)24-17(18(19)20)16(12)23-10-11-6-4-3-5-7-11/h3-4,8-9,11H,5-7,10H2,1-2H3,(H,19,20). The molecular formula is C18H20O5S. The second-order valence-corrected chi connectivity index (χ2v) is 6.78. The second-order valence-electron chi connectivity index (χ2n) is 5.73. The maximum atomic E-state index is 11.6. The maximum absolute atomic E-state index is 11.6. The van der Waals surface area contributed by atoms with E-state index in [0.717, 1.165) is 29.3 Å². The van der Waals surface area contributed by atoms with E-state index in [1.54, 1.807) is 26.4 Å². The Bertz CT molecular complexity index is 777. The third-order valence-electron chi connectivity index (χ3n) is 4.18. The van der Waals surface area contributed by atoms with Crippen molar-refractivity contribution in [3.8, 4) is 17.2 Å². The molecule has 6 heteroatoms. The molecule has 0 saturated carbocycles. The Balaban J connectivity index is 1.98. The highest BCUT2D eigenvalue weighted by molar-refractivity contribution is 7.21. The average Bonchev–Trinajstić information content (AvgIpc) is 2.97. The van der Waals surface area contributed by atoms with E-state index in [1.807, 2.05) is 0 Å². The lowest BCUT2D eigenvalue weighted by molar-refractivity contribution is 0.0697. The molecule has 1 aliphatic rings. The van der Waals surface area contributed by atoms with Gasteiger partial charge in [-0.1, -0.05) is 12.2 Å². The Hall–Kier alpha value is -2.21. The normalized spacial score (nSPS) is 17.0. The molecule has 5 nitrogen and oxygen atoms in total. The lowest BCUT2D eigenvalue weighted by Crippen LogP contribution is -2.14. The number of aromatic carboxylic acids is 1. The van der Waals surface area contributed by atoms with E-state index >= 15 is 0 Å². The van der Waals surface area contributed by atoms with Gasteiger partial charge in [-0.15, -0.1) is 11.3 Å². The summed E-state index contributed by atoms with van der Waals surface area (Å²) in [6.07, 6.45) is 7.43. The molecule has 0 amide bonds. The van der Waals surface area contributed by atoms with Crippen LogP contribution in [0.3, 0.4) is 0 Å². The zero-order valence-electron chi connectivity index (χ0n) is 13.7. The van der Waals surface area contributed by atoms with E-state index in [0.29, 0.717) is 29.8 Å². The molecule has 0 fully saturated rings. The zero-order valence-corrected chi connectivity index (χ0v) is 14.5. The summed E-state index contributed by atoms with van der Waals surface area (Å²) in [6, 6.07) is 3.58. The van der Waals surface area contributed by atoms with Crippen LogP contribution < -0.4 is 14.2 Å².